The number of hydrogen-bond donors (Lipinski definition) is 2. The first-order valence-corrected chi connectivity index (χ1v) is 3.58. The third-order valence-corrected chi connectivity index (χ3v) is 1.71. The molecule has 60 valence electrons. The topological polar surface area (TPSA) is 64.9 Å². The van der Waals surface area contributed by atoms with E-state index in [0.717, 1.165) is 16.8 Å². The van der Waals surface area contributed by atoms with Crippen LogP contribution in [0.15, 0.2) is 6.07 Å². The van der Waals surface area contributed by atoms with Gasteiger partial charge < -0.3 is 11.5 Å². The molecule has 0 unspecified atom stereocenters. The Balaban J connectivity index is 3.25. The van der Waals surface area contributed by atoms with Crippen LogP contribution in [0.25, 0.3) is 0 Å². The lowest BCUT2D eigenvalue weighted by atomic mass is 10.1. The quantitative estimate of drug-likeness (QED) is 0.622. The van der Waals surface area contributed by atoms with Crippen molar-refractivity contribution in [2.24, 2.45) is 5.73 Å². The van der Waals surface area contributed by atoms with Crippen LogP contribution in [-0.4, -0.2) is 4.98 Å². The fourth-order valence-corrected chi connectivity index (χ4v) is 1.16. The van der Waals surface area contributed by atoms with Crippen molar-refractivity contribution in [2.45, 2.75) is 20.4 Å². The van der Waals surface area contributed by atoms with E-state index < -0.39 is 0 Å². The lowest BCUT2D eigenvalue weighted by Gasteiger charge is -2.06. The Morgan fingerprint density at radius 3 is 2.55 bits per heavy atom. The van der Waals surface area contributed by atoms with Crippen LogP contribution in [0.2, 0.25) is 0 Å². The Kier molecular flexibility index (Phi) is 2.10. The van der Waals surface area contributed by atoms with E-state index in [1.165, 1.54) is 0 Å². The van der Waals surface area contributed by atoms with Gasteiger partial charge in [0.25, 0.3) is 0 Å². The third kappa shape index (κ3) is 1.49. The summed E-state index contributed by atoms with van der Waals surface area (Å²) in [4.78, 5) is 4.10. The molecule has 0 radical (unpaired) electrons. The van der Waals surface area contributed by atoms with Gasteiger partial charge in [-0.3, -0.25) is 0 Å². The van der Waals surface area contributed by atoms with E-state index in [-0.39, 0.29) is 0 Å². The molecule has 0 spiro atoms. The van der Waals surface area contributed by atoms with Gasteiger partial charge in [0, 0.05) is 17.8 Å². The molecule has 0 saturated heterocycles. The number of nitrogen functional groups attached to an aromatic ring is 1. The minimum absolute atomic E-state index is 0.463. The molecule has 0 aliphatic rings. The van der Waals surface area contributed by atoms with Crippen molar-refractivity contribution in [2.75, 3.05) is 5.73 Å². The predicted molar refractivity (Wildman–Crippen MR) is 46.0 cm³/mol. The summed E-state index contributed by atoms with van der Waals surface area (Å²) < 4.78 is 0. The molecule has 1 rings (SSSR count). The summed E-state index contributed by atoms with van der Waals surface area (Å²) >= 11 is 0. The first-order valence-electron chi connectivity index (χ1n) is 3.58. The summed E-state index contributed by atoms with van der Waals surface area (Å²) in [6.07, 6.45) is 0. The van der Waals surface area contributed by atoms with Gasteiger partial charge in [0.2, 0.25) is 0 Å². The van der Waals surface area contributed by atoms with Crippen molar-refractivity contribution >= 4 is 5.82 Å². The second kappa shape index (κ2) is 2.88. The maximum Gasteiger partial charge on any atom is 0.128 e. The molecule has 0 amide bonds. The van der Waals surface area contributed by atoms with Crippen LogP contribution in [0.1, 0.15) is 16.8 Å². The highest BCUT2D eigenvalue weighted by molar-refractivity contribution is 5.45. The van der Waals surface area contributed by atoms with Gasteiger partial charge in [0.05, 0.1) is 0 Å². The zero-order valence-electron chi connectivity index (χ0n) is 6.89. The van der Waals surface area contributed by atoms with Crippen LogP contribution < -0.4 is 11.5 Å². The number of hydrogen-bond acceptors (Lipinski definition) is 3. The van der Waals surface area contributed by atoms with E-state index in [1.54, 1.807) is 0 Å². The Hall–Kier alpha value is -1.09. The van der Waals surface area contributed by atoms with Gasteiger partial charge in [0.15, 0.2) is 0 Å². The zero-order chi connectivity index (χ0) is 8.43. The molecule has 11 heavy (non-hydrogen) atoms. The number of aryl methyl sites for hydroxylation is 2. The van der Waals surface area contributed by atoms with Gasteiger partial charge in [-0.15, -0.1) is 0 Å². The van der Waals surface area contributed by atoms with Crippen molar-refractivity contribution in [1.82, 2.24) is 4.98 Å². The molecule has 0 saturated carbocycles. The summed E-state index contributed by atoms with van der Waals surface area (Å²) in [6.45, 7) is 4.38. The van der Waals surface area contributed by atoms with E-state index in [4.69, 9.17) is 11.5 Å². The molecule has 1 aromatic rings. The molecule has 1 heterocycles. The molecule has 3 heteroatoms. The SMILES string of the molecule is Cc1cc(C)c(CN)c(N)n1. The molecule has 0 atom stereocenters. The van der Waals surface area contributed by atoms with Crippen LogP contribution in [0.4, 0.5) is 5.82 Å². The molecule has 0 aliphatic heterocycles. The average molecular weight is 151 g/mol. The van der Waals surface area contributed by atoms with E-state index in [0.29, 0.717) is 12.4 Å². The van der Waals surface area contributed by atoms with Gasteiger partial charge in [-0.25, -0.2) is 4.98 Å². The largest absolute Gasteiger partial charge is 0.383 e. The monoisotopic (exact) mass is 151 g/mol. The molecular weight excluding hydrogens is 138 g/mol. The summed E-state index contributed by atoms with van der Waals surface area (Å²) in [5.74, 6) is 0.560. The maximum absolute atomic E-state index is 5.64. The van der Waals surface area contributed by atoms with Gasteiger partial charge in [-0.1, -0.05) is 0 Å². The number of rotatable bonds is 1. The number of anilines is 1. The standard InChI is InChI=1S/C8H13N3/c1-5-3-6(2)11-8(10)7(5)4-9/h3H,4,9H2,1-2H3,(H2,10,11). The Labute approximate surface area is 66.4 Å². The lowest BCUT2D eigenvalue weighted by Crippen LogP contribution is -2.06. The molecule has 4 N–H and O–H groups in total. The number of aromatic nitrogens is 1. The predicted octanol–water partition coefficient (Wildman–Crippen LogP) is 0.739. The van der Waals surface area contributed by atoms with Gasteiger partial charge in [-0.05, 0) is 25.5 Å². The summed E-state index contributed by atoms with van der Waals surface area (Å²) in [6, 6.07) is 1.98. The van der Waals surface area contributed by atoms with E-state index in [9.17, 15) is 0 Å². The molecule has 3 nitrogen and oxygen atoms in total. The Bertz CT molecular complexity index is 245. The normalized spacial score (nSPS) is 10.1. The molecule has 0 aliphatic carbocycles. The van der Waals surface area contributed by atoms with Crippen LogP contribution in [0, 0.1) is 13.8 Å². The highest BCUT2D eigenvalue weighted by Gasteiger charge is 2.02. The van der Waals surface area contributed by atoms with Gasteiger partial charge in [0.1, 0.15) is 5.82 Å². The smallest absolute Gasteiger partial charge is 0.128 e. The van der Waals surface area contributed by atoms with E-state index >= 15 is 0 Å². The average Bonchev–Trinajstić information content (AvgIpc) is 1.85. The first kappa shape index (κ1) is 8.01. The Morgan fingerprint density at radius 2 is 2.09 bits per heavy atom. The van der Waals surface area contributed by atoms with Crippen molar-refractivity contribution in [3.63, 3.8) is 0 Å². The molecular formula is C8H13N3. The number of nitrogens with zero attached hydrogens (tertiary/aromatic N) is 1. The van der Waals surface area contributed by atoms with Crippen LogP contribution in [0.3, 0.4) is 0 Å². The first-order chi connectivity index (χ1) is 5.15. The van der Waals surface area contributed by atoms with Crippen LogP contribution in [0.5, 0.6) is 0 Å². The number of pyridine rings is 1. The second-order valence-electron chi connectivity index (χ2n) is 2.65. The van der Waals surface area contributed by atoms with Gasteiger partial charge in [-0.2, -0.15) is 0 Å². The fourth-order valence-electron chi connectivity index (χ4n) is 1.16. The highest BCUT2D eigenvalue weighted by atomic mass is 14.8. The van der Waals surface area contributed by atoms with Crippen molar-refractivity contribution < 1.29 is 0 Å². The summed E-state index contributed by atoms with van der Waals surface area (Å²) in [5.41, 5.74) is 14.1. The Morgan fingerprint density at radius 1 is 1.45 bits per heavy atom. The molecule has 0 fully saturated rings. The van der Waals surface area contributed by atoms with Crippen LogP contribution >= 0.6 is 0 Å². The fraction of sp³-hybridized carbons (Fsp3) is 0.375. The molecule has 0 aromatic carbocycles. The van der Waals surface area contributed by atoms with E-state index in [1.807, 2.05) is 19.9 Å². The minimum Gasteiger partial charge on any atom is -0.383 e. The van der Waals surface area contributed by atoms with Gasteiger partial charge >= 0.3 is 0 Å². The third-order valence-electron chi connectivity index (χ3n) is 1.71. The molecule has 1 aromatic heterocycles. The maximum atomic E-state index is 5.64. The van der Waals surface area contributed by atoms with Crippen LogP contribution in [-0.2, 0) is 6.54 Å². The van der Waals surface area contributed by atoms with Crippen molar-refractivity contribution in [3.8, 4) is 0 Å². The van der Waals surface area contributed by atoms with Crippen molar-refractivity contribution in [3.05, 3.63) is 22.9 Å². The number of nitrogens with two attached hydrogens (primary N) is 2. The van der Waals surface area contributed by atoms with E-state index in [2.05, 4.69) is 4.98 Å². The summed E-state index contributed by atoms with van der Waals surface area (Å²) in [5, 5.41) is 0. The lowest BCUT2D eigenvalue weighted by molar-refractivity contribution is 1.02. The minimum atomic E-state index is 0.463. The second-order valence-corrected chi connectivity index (χ2v) is 2.65. The summed E-state index contributed by atoms with van der Waals surface area (Å²) in [7, 11) is 0. The zero-order valence-corrected chi connectivity index (χ0v) is 6.89. The molecule has 0 bridgehead atoms. The van der Waals surface area contributed by atoms with Crippen molar-refractivity contribution in [1.29, 1.82) is 0 Å². The highest BCUT2D eigenvalue weighted by Crippen LogP contribution is 2.14.